The highest BCUT2D eigenvalue weighted by Crippen LogP contribution is 2.50. The number of fused-ring (bicyclic) bond motifs is 1. The standard InChI is InChI=1S/C17H23NO4S/c1-23(21,22)12-17(7-8-17)10-16(20)18-9-6-13-4-2-3-5-14(13)15(18)11-19/h2-5,15,19H,6-12H2,1H3. The molecule has 5 nitrogen and oxygen atoms in total. The van der Waals surface area contributed by atoms with E-state index in [1.165, 1.54) is 11.8 Å². The Kier molecular flexibility index (Phi) is 4.23. The number of carbonyl (C=O) groups excluding carboxylic acids is 1. The van der Waals surface area contributed by atoms with Crippen molar-refractivity contribution in [1.29, 1.82) is 0 Å². The Balaban J connectivity index is 1.76. The summed E-state index contributed by atoms with van der Waals surface area (Å²) in [4.78, 5) is 14.5. The largest absolute Gasteiger partial charge is 0.394 e. The van der Waals surface area contributed by atoms with Gasteiger partial charge in [-0.2, -0.15) is 0 Å². The molecule has 1 heterocycles. The maximum Gasteiger partial charge on any atom is 0.223 e. The molecule has 126 valence electrons. The highest BCUT2D eigenvalue weighted by Gasteiger charge is 2.48. The SMILES string of the molecule is CS(=O)(=O)CC1(CC(=O)N2CCc3ccccc3C2CO)CC1. The van der Waals surface area contributed by atoms with Crippen LogP contribution in [0, 0.1) is 5.41 Å². The Bertz CT molecular complexity index is 709. The lowest BCUT2D eigenvalue weighted by atomic mass is 9.92. The van der Waals surface area contributed by atoms with Gasteiger partial charge in [0.15, 0.2) is 0 Å². The Morgan fingerprint density at radius 3 is 2.65 bits per heavy atom. The maximum atomic E-state index is 12.7. The molecule has 1 amide bonds. The number of hydrogen-bond acceptors (Lipinski definition) is 4. The Morgan fingerprint density at radius 2 is 2.04 bits per heavy atom. The highest BCUT2D eigenvalue weighted by atomic mass is 32.2. The molecule has 1 saturated carbocycles. The Labute approximate surface area is 137 Å². The third-order valence-electron chi connectivity index (χ3n) is 4.96. The quantitative estimate of drug-likeness (QED) is 0.879. The molecule has 1 aliphatic heterocycles. The summed E-state index contributed by atoms with van der Waals surface area (Å²) in [5, 5.41) is 9.77. The lowest BCUT2D eigenvalue weighted by Crippen LogP contribution is -2.42. The smallest absolute Gasteiger partial charge is 0.223 e. The van der Waals surface area contributed by atoms with E-state index in [9.17, 15) is 18.3 Å². The van der Waals surface area contributed by atoms with E-state index in [-0.39, 0.29) is 36.1 Å². The van der Waals surface area contributed by atoms with Gasteiger partial charge in [0, 0.05) is 19.2 Å². The van der Waals surface area contributed by atoms with Crippen LogP contribution in [0.1, 0.15) is 36.4 Å². The van der Waals surface area contributed by atoms with Crippen LogP contribution in [0.25, 0.3) is 0 Å². The number of benzene rings is 1. The molecule has 1 atom stereocenters. The first-order valence-corrected chi connectivity index (χ1v) is 10.1. The number of aliphatic hydroxyl groups excluding tert-OH is 1. The summed E-state index contributed by atoms with van der Waals surface area (Å²) in [6.45, 7) is 0.470. The van der Waals surface area contributed by atoms with Crippen molar-refractivity contribution in [1.82, 2.24) is 4.90 Å². The lowest BCUT2D eigenvalue weighted by molar-refractivity contribution is -0.136. The Hall–Kier alpha value is -1.40. The first kappa shape index (κ1) is 16.5. The van der Waals surface area contributed by atoms with Crippen molar-refractivity contribution >= 4 is 15.7 Å². The molecular formula is C17H23NO4S. The van der Waals surface area contributed by atoms with Crippen molar-refractivity contribution in [2.75, 3.05) is 25.2 Å². The second kappa shape index (κ2) is 5.91. The first-order chi connectivity index (χ1) is 10.8. The van der Waals surface area contributed by atoms with Crippen LogP contribution < -0.4 is 0 Å². The summed E-state index contributed by atoms with van der Waals surface area (Å²) in [6.07, 6.45) is 3.85. The molecule has 0 radical (unpaired) electrons. The van der Waals surface area contributed by atoms with Gasteiger partial charge in [0.1, 0.15) is 9.84 Å². The topological polar surface area (TPSA) is 74.7 Å². The number of hydrogen-bond donors (Lipinski definition) is 1. The van der Waals surface area contributed by atoms with Gasteiger partial charge in [-0.15, -0.1) is 0 Å². The predicted molar refractivity (Wildman–Crippen MR) is 87.7 cm³/mol. The van der Waals surface area contributed by atoms with Crippen molar-refractivity contribution in [3.63, 3.8) is 0 Å². The van der Waals surface area contributed by atoms with Crippen LogP contribution in [-0.2, 0) is 21.1 Å². The average Bonchev–Trinajstić information content (AvgIpc) is 3.22. The lowest BCUT2D eigenvalue weighted by Gasteiger charge is -2.37. The van der Waals surface area contributed by atoms with E-state index in [2.05, 4.69) is 0 Å². The molecule has 1 aliphatic carbocycles. The normalized spacial score (nSPS) is 22.5. The molecule has 1 unspecified atom stereocenters. The van der Waals surface area contributed by atoms with Crippen LogP contribution >= 0.6 is 0 Å². The van der Waals surface area contributed by atoms with E-state index in [0.29, 0.717) is 6.54 Å². The minimum absolute atomic E-state index is 0.0419. The molecule has 0 spiro atoms. The van der Waals surface area contributed by atoms with Crippen molar-refractivity contribution in [3.8, 4) is 0 Å². The first-order valence-electron chi connectivity index (χ1n) is 7.99. The predicted octanol–water partition coefficient (Wildman–Crippen LogP) is 1.32. The maximum absolute atomic E-state index is 12.7. The molecule has 0 saturated heterocycles. The van der Waals surface area contributed by atoms with Gasteiger partial charge in [0.05, 0.1) is 18.4 Å². The van der Waals surface area contributed by atoms with Gasteiger partial charge >= 0.3 is 0 Å². The van der Waals surface area contributed by atoms with Crippen LogP contribution in [0.4, 0.5) is 0 Å². The zero-order valence-electron chi connectivity index (χ0n) is 13.4. The van der Waals surface area contributed by atoms with E-state index < -0.39 is 9.84 Å². The molecule has 3 rings (SSSR count). The zero-order chi connectivity index (χ0) is 16.7. The number of aliphatic hydroxyl groups is 1. The molecular weight excluding hydrogens is 314 g/mol. The van der Waals surface area contributed by atoms with E-state index in [1.807, 2.05) is 24.3 Å². The molecule has 6 heteroatoms. The summed E-state index contributed by atoms with van der Waals surface area (Å²) in [7, 11) is -3.08. The van der Waals surface area contributed by atoms with Gasteiger partial charge in [-0.3, -0.25) is 4.79 Å². The number of nitrogens with zero attached hydrogens (tertiary/aromatic N) is 1. The average molecular weight is 337 g/mol. The van der Waals surface area contributed by atoms with Gasteiger partial charge in [0.2, 0.25) is 5.91 Å². The van der Waals surface area contributed by atoms with Crippen LogP contribution in [0.15, 0.2) is 24.3 Å². The molecule has 23 heavy (non-hydrogen) atoms. The zero-order valence-corrected chi connectivity index (χ0v) is 14.2. The van der Waals surface area contributed by atoms with Gasteiger partial charge in [0.25, 0.3) is 0 Å². The van der Waals surface area contributed by atoms with Gasteiger partial charge in [-0.25, -0.2) is 8.42 Å². The highest BCUT2D eigenvalue weighted by molar-refractivity contribution is 7.90. The summed E-state index contributed by atoms with van der Waals surface area (Å²) in [5.41, 5.74) is 1.80. The Morgan fingerprint density at radius 1 is 1.35 bits per heavy atom. The van der Waals surface area contributed by atoms with Crippen LogP contribution in [-0.4, -0.2) is 49.5 Å². The molecule has 1 N–H and O–H groups in total. The van der Waals surface area contributed by atoms with Gasteiger partial charge in [-0.1, -0.05) is 24.3 Å². The van der Waals surface area contributed by atoms with Gasteiger partial charge < -0.3 is 10.0 Å². The monoisotopic (exact) mass is 337 g/mol. The third-order valence-corrected chi connectivity index (χ3v) is 6.09. The summed E-state index contributed by atoms with van der Waals surface area (Å²) in [5.74, 6) is 0.0414. The van der Waals surface area contributed by atoms with Crippen molar-refractivity contribution in [2.24, 2.45) is 5.41 Å². The molecule has 0 bridgehead atoms. The van der Waals surface area contributed by atoms with Crippen LogP contribution in [0.2, 0.25) is 0 Å². The minimum Gasteiger partial charge on any atom is -0.394 e. The van der Waals surface area contributed by atoms with Crippen molar-refractivity contribution < 1.29 is 18.3 Å². The van der Waals surface area contributed by atoms with Crippen molar-refractivity contribution in [2.45, 2.75) is 31.7 Å². The number of rotatable bonds is 5. The fourth-order valence-corrected chi connectivity index (χ4v) is 5.18. The number of sulfone groups is 1. The fraction of sp³-hybridized carbons (Fsp3) is 0.588. The molecule has 0 aromatic heterocycles. The molecule has 1 fully saturated rings. The van der Waals surface area contributed by atoms with Crippen LogP contribution in [0.3, 0.4) is 0 Å². The van der Waals surface area contributed by atoms with E-state index in [1.54, 1.807) is 4.90 Å². The summed E-state index contributed by atoms with van der Waals surface area (Å²) in [6, 6.07) is 7.56. The summed E-state index contributed by atoms with van der Waals surface area (Å²) < 4.78 is 23.1. The van der Waals surface area contributed by atoms with E-state index in [4.69, 9.17) is 0 Å². The second-order valence-electron chi connectivity index (χ2n) is 6.98. The van der Waals surface area contributed by atoms with Crippen molar-refractivity contribution in [3.05, 3.63) is 35.4 Å². The number of amides is 1. The van der Waals surface area contributed by atoms with E-state index >= 15 is 0 Å². The van der Waals surface area contributed by atoms with Crippen LogP contribution in [0.5, 0.6) is 0 Å². The third kappa shape index (κ3) is 3.58. The fourth-order valence-electron chi connectivity index (χ4n) is 3.67. The molecule has 1 aromatic rings. The second-order valence-corrected chi connectivity index (χ2v) is 9.12. The molecule has 1 aromatic carbocycles. The number of carbonyl (C=O) groups is 1. The minimum atomic E-state index is -3.08. The van der Waals surface area contributed by atoms with Gasteiger partial charge in [-0.05, 0) is 35.8 Å². The summed E-state index contributed by atoms with van der Waals surface area (Å²) >= 11 is 0. The van der Waals surface area contributed by atoms with E-state index in [0.717, 1.165) is 24.8 Å². The molecule has 2 aliphatic rings.